The van der Waals surface area contributed by atoms with E-state index >= 15 is 0 Å². The second kappa shape index (κ2) is 7.93. The molecule has 1 amide bonds. The van der Waals surface area contributed by atoms with Gasteiger partial charge in [0.25, 0.3) is 0 Å². The summed E-state index contributed by atoms with van der Waals surface area (Å²) in [4.78, 5) is 36.2. The molecule has 7 heteroatoms. The van der Waals surface area contributed by atoms with Crippen molar-refractivity contribution >= 4 is 39.9 Å². The number of aromatic amines is 1. The third-order valence-corrected chi connectivity index (χ3v) is 4.48. The Hall–Kier alpha value is -4.00. The predicted octanol–water partition coefficient (Wildman–Crippen LogP) is 4.28. The van der Waals surface area contributed by atoms with Gasteiger partial charge in [0.1, 0.15) is 17.8 Å². The molecule has 29 heavy (non-hydrogen) atoms. The summed E-state index contributed by atoms with van der Waals surface area (Å²) >= 11 is 0. The standard InChI is InChI=1S/C22H19N5O2/c1-2-18(28)26-15-9-6-10-16(11-15)27-22-19-17(12-23-21(19)24-13-25-22)20(29)14-7-4-3-5-8-14/h3-13H,2H2,1H3,(H,26,28)(H2,23,24,25,27). The van der Waals surface area contributed by atoms with Crippen LogP contribution in [0, 0.1) is 0 Å². The van der Waals surface area contributed by atoms with Crippen LogP contribution in [-0.4, -0.2) is 26.6 Å². The van der Waals surface area contributed by atoms with Gasteiger partial charge in [-0.3, -0.25) is 9.59 Å². The Morgan fingerprint density at radius 1 is 1.00 bits per heavy atom. The van der Waals surface area contributed by atoms with Gasteiger partial charge in [-0.05, 0) is 18.2 Å². The number of carbonyl (C=O) groups is 2. The highest BCUT2D eigenvalue weighted by atomic mass is 16.1. The average molecular weight is 385 g/mol. The van der Waals surface area contributed by atoms with Crippen LogP contribution in [0.25, 0.3) is 11.0 Å². The fourth-order valence-electron chi connectivity index (χ4n) is 3.04. The van der Waals surface area contributed by atoms with Crippen LogP contribution in [0.3, 0.4) is 0 Å². The predicted molar refractivity (Wildman–Crippen MR) is 112 cm³/mol. The Balaban J connectivity index is 1.70. The van der Waals surface area contributed by atoms with Crippen LogP contribution in [0.1, 0.15) is 29.3 Å². The number of aromatic nitrogens is 3. The first-order valence-corrected chi connectivity index (χ1v) is 9.24. The molecule has 0 unspecified atom stereocenters. The number of amides is 1. The second-order valence-electron chi connectivity index (χ2n) is 6.45. The number of hydrogen-bond donors (Lipinski definition) is 3. The molecule has 0 spiro atoms. The third-order valence-electron chi connectivity index (χ3n) is 4.48. The van der Waals surface area contributed by atoms with Crippen molar-refractivity contribution in [2.45, 2.75) is 13.3 Å². The van der Waals surface area contributed by atoms with Crippen molar-refractivity contribution in [3.63, 3.8) is 0 Å². The van der Waals surface area contributed by atoms with Crippen LogP contribution in [0.2, 0.25) is 0 Å². The molecule has 2 aromatic heterocycles. The van der Waals surface area contributed by atoms with Gasteiger partial charge in [0.15, 0.2) is 5.78 Å². The van der Waals surface area contributed by atoms with Gasteiger partial charge in [-0.1, -0.05) is 43.3 Å². The maximum atomic E-state index is 13.0. The fraction of sp³-hybridized carbons (Fsp3) is 0.0909. The summed E-state index contributed by atoms with van der Waals surface area (Å²) in [5, 5.41) is 6.68. The van der Waals surface area contributed by atoms with Crippen LogP contribution in [0.15, 0.2) is 67.1 Å². The lowest BCUT2D eigenvalue weighted by Crippen LogP contribution is -2.09. The monoisotopic (exact) mass is 385 g/mol. The summed E-state index contributed by atoms with van der Waals surface area (Å²) in [7, 11) is 0. The minimum atomic E-state index is -0.112. The van der Waals surface area contributed by atoms with Gasteiger partial charge < -0.3 is 15.6 Å². The maximum absolute atomic E-state index is 13.0. The van der Waals surface area contributed by atoms with Crippen molar-refractivity contribution in [3.8, 4) is 0 Å². The van der Waals surface area contributed by atoms with Crippen LogP contribution >= 0.6 is 0 Å². The lowest BCUT2D eigenvalue weighted by Gasteiger charge is -2.10. The zero-order chi connectivity index (χ0) is 20.2. The molecule has 2 aromatic carbocycles. The largest absolute Gasteiger partial charge is 0.345 e. The highest BCUT2D eigenvalue weighted by Crippen LogP contribution is 2.28. The van der Waals surface area contributed by atoms with Gasteiger partial charge in [0.2, 0.25) is 5.91 Å². The van der Waals surface area contributed by atoms with Crippen molar-refractivity contribution in [2.75, 3.05) is 10.6 Å². The van der Waals surface area contributed by atoms with E-state index in [1.54, 1.807) is 25.3 Å². The molecule has 144 valence electrons. The second-order valence-corrected chi connectivity index (χ2v) is 6.45. The molecule has 0 aliphatic carbocycles. The minimum absolute atomic E-state index is 0.0621. The Bertz CT molecular complexity index is 1180. The van der Waals surface area contributed by atoms with Crippen molar-refractivity contribution in [1.29, 1.82) is 0 Å². The Kier molecular flexibility index (Phi) is 5.03. The highest BCUT2D eigenvalue weighted by molar-refractivity contribution is 6.18. The molecule has 0 fully saturated rings. The molecule has 0 atom stereocenters. The molecule has 0 aliphatic heterocycles. The Morgan fingerprint density at radius 3 is 2.59 bits per heavy atom. The molecule has 4 aromatic rings. The first-order chi connectivity index (χ1) is 14.2. The van der Waals surface area contributed by atoms with Crippen LogP contribution < -0.4 is 10.6 Å². The van der Waals surface area contributed by atoms with Gasteiger partial charge in [-0.2, -0.15) is 0 Å². The van der Waals surface area contributed by atoms with Gasteiger partial charge >= 0.3 is 0 Å². The topological polar surface area (TPSA) is 99.8 Å². The van der Waals surface area contributed by atoms with E-state index < -0.39 is 0 Å². The van der Waals surface area contributed by atoms with E-state index in [0.717, 1.165) is 5.69 Å². The van der Waals surface area contributed by atoms with E-state index in [-0.39, 0.29) is 11.7 Å². The molecule has 4 rings (SSSR count). The number of benzene rings is 2. The van der Waals surface area contributed by atoms with Gasteiger partial charge in [0.05, 0.1) is 10.9 Å². The normalized spacial score (nSPS) is 10.7. The van der Waals surface area contributed by atoms with E-state index in [0.29, 0.717) is 40.1 Å². The lowest BCUT2D eigenvalue weighted by molar-refractivity contribution is -0.115. The van der Waals surface area contributed by atoms with Crippen LogP contribution in [0.5, 0.6) is 0 Å². The SMILES string of the molecule is CCC(=O)Nc1cccc(Nc2ncnc3[nH]cc(C(=O)c4ccccc4)c23)c1. The smallest absolute Gasteiger partial charge is 0.224 e. The summed E-state index contributed by atoms with van der Waals surface area (Å²) in [6, 6.07) is 16.4. The summed E-state index contributed by atoms with van der Waals surface area (Å²) in [5.74, 6) is 0.334. The number of H-pyrrole nitrogens is 1. The van der Waals surface area contributed by atoms with Crippen LogP contribution in [0.4, 0.5) is 17.2 Å². The lowest BCUT2D eigenvalue weighted by atomic mass is 10.0. The summed E-state index contributed by atoms with van der Waals surface area (Å²) in [5.41, 5.74) is 3.06. The number of nitrogens with zero attached hydrogens (tertiary/aromatic N) is 2. The number of nitrogens with one attached hydrogen (secondary N) is 3. The summed E-state index contributed by atoms with van der Waals surface area (Å²) in [6.07, 6.45) is 3.48. The van der Waals surface area contributed by atoms with Crippen molar-refractivity contribution in [1.82, 2.24) is 15.0 Å². The first kappa shape index (κ1) is 18.4. The number of anilines is 3. The molecular weight excluding hydrogens is 366 g/mol. The van der Waals surface area contributed by atoms with E-state index in [9.17, 15) is 9.59 Å². The molecule has 0 bridgehead atoms. The van der Waals surface area contributed by atoms with E-state index in [4.69, 9.17) is 0 Å². The molecule has 0 saturated carbocycles. The van der Waals surface area contributed by atoms with Crippen LogP contribution in [-0.2, 0) is 4.79 Å². The average Bonchev–Trinajstić information content (AvgIpc) is 3.19. The maximum Gasteiger partial charge on any atom is 0.224 e. The molecule has 0 radical (unpaired) electrons. The molecule has 7 nitrogen and oxygen atoms in total. The fourth-order valence-corrected chi connectivity index (χ4v) is 3.04. The molecular formula is C22H19N5O2. The van der Waals surface area contributed by atoms with Gasteiger partial charge in [0, 0.05) is 29.6 Å². The number of carbonyl (C=O) groups excluding carboxylic acids is 2. The van der Waals surface area contributed by atoms with Crippen molar-refractivity contribution in [2.24, 2.45) is 0 Å². The molecule has 0 saturated heterocycles. The molecule has 2 heterocycles. The quantitative estimate of drug-likeness (QED) is 0.430. The number of rotatable bonds is 6. The zero-order valence-corrected chi connectivity index (χ0v) is 15.8. The van der Waals surface area contributed by atoms with Gasteiger partial charge in [-0.15, -0.1) is 0 Å². The summed E-state index contributed by atoms with van der Waals surface area (Å²) < 4.78 is 0. The van der Waals surface area contributed by atoms with E-state index in [1.807, 2.05) is 42.5 Å². The number of hydrogen-bond acceptors (Lipinski definition) is 5. The number of fused-ring (bicyclic) bond motifs is 1. The Morgan fingerprint density at radius 2 is 1.79 bits per heavy atom. The van der Waals surface area contributed by atoms with E-state index in [2.05, 4.69) is 25.6 Å². The Labute approximate surface area is 167 Å². The molecule has 0 aliphatic rings. The van der Waals surface area contributed by atoms with Crippen molar-refractivity contribution in [3.05, 3.63) is 78.2 Å². The minimum Gasteiger partial charge on any atom is -0.345 e. The third kappa shape index (κ3) is 3.84. The zero-order valence-electron chi connectivity index (χ0n) is 15.8. The van der Waals surface area contributed by atoms with Crippen molar-refractivity contribution < 1.29 is 9.59 Å². The molecule has 3 N–H and O–H groups in total. The first-order valence-electron chi connectivity index (χ1n) is 9.24. The van der Waals surface area contributed by atoms with Gasteiger partial charge in [-0.25, -0.2) is 9.97 Å². The van der Waals surface area contributed by atoms with E-state index in [1.165, 1.54) is 6.33 Å². The highest BCUT2D eigenvalue weighted by Gasteiger charge is 2.18. The number of ketones is 1. The summed E-state index contributed by atoms with van der Waals surface area (Å²) in [6.45, 7) is 1.80.